The minimum Gasteiger partial charge on any atom is -0.330 e. The van der Waals surface area contributed by atoms with Crippen LogP contribution in [0.5, 0.6) is 0 Å². The van der Waals surface area contributed by atoms with Crippen molar-refractivity contribution < 1.29 is 8.42 Å². The van der Waals surface area contributed by atoms with Crippen LogP contribution < -0.4 is 10.5 Å². The summed E-state index contributed by atoms with van der Waals surface area (Å²) in [4.78, 5) is 4.07. The highest BCUT2D eigenvalue weighted by atomic mass is 32.2. The number of hydrogen-bond acceptors (Lipinski definition) is 4. The van der Waals surface area contributed by atoms with E-state index in [9.17, 15) is 8.42 Å². The molecule has 19 heavy (non-hydrogen) atoms. The Bertz CT molecular complexity index is 524. The number of nitrogens with zero attached hydrogens (tertiary/aromatic N) is 2. The van der Waals surface area contributed by atoms with E-state index >= 15 is 0 Å². The van der Waals surface area contributed by atoms with Gasteiger partial charge < -0.3 is 5.73 Å². The highest BCUT2D eigenvalue weighted by molar-refractivity contribution is 7.90. The molecule has 1 saturated heterocycles. The highest BCUT2D eigenvalue weighted by Gasteiger charge is 2.27. The topological polar surface area (TPSA) is 88.3 Å². The first-order valence-electron chi connectivity index (χ1n) is 6.42. The van der Waals surface area contributed by atoms with E-state index < -0.39 is 10.2 Å². The Labute approximate surface area is 114 Å². The predicted molar refractivity (Wildman–Crippen MR) is 74.9 cm³/mol. The van der Waals surface area contributed by atoms with Crippen LogP contribution in [0.1, 0.15) is 18.5 Å². The summed E-state index contributed by atoms with van der Waals surface area (Å²) in [5.41, 5.74) is 6.81. The van der Waals surface area contributed by atoms with Crippen LogP contribution in [0.15, 0.2) is 18.3 Å². The fraction of sp³-hybridized carbons (Fsp3) is 0.583. The van der Waals surface area contributed by atoms with Gasteiger partial charge in [0.1, 0.15) is 0 Å². The first-order chi connectivity index (χ1) is 9.03. The summed E-state index contributed by atoms with van der Waals surface area (Å²) in [6.07, 6.45) is 3.28. The normalized spacial score (nSPS) is 18.4. The summed E-state index contributed by atoms with van der Waals surface area (Å²) in [6, 6.07) is 3.43. The molecule has 0 radical (unpaired) electrons. The van der Waals surface area contributed by atoms with Gasteiger partial charge in [0.2, 0.25) is 0 Å². The van der Waals surface area contributed by atoms with E-state index in [1.807, 2.05) is 0 Å². The summed E-state index contributed by atoms with van der Waals surface area (Å²) in [6.45, 7) is 3.45. The Hall–Kier alpha value is -1.18. The zero-order chi connectivity index (χ0) is 13.9. The molecule has 1 aliphatic rings. The Morgan fingerprint density at radius 3 is 2.74 bits per heavy atom. The number of nitrogens with two attached hydrogens (primary N) is 1. The second-order valence-electron chi connectivity index (χ2n) is 4.82. The fourth-order valence-corrected chi connectivity index (χ4v) is 3.50. The van der Waals surface area contributed by atoms with Crippen LogP contribution >= 0.6 is 0 Å². The van der Waals surface area contributed by atoms with Gasteiger partial charge in [-0.2, -0.15) is 12.7 Å². The summed E-state index contributed by atoms with van der Waals surface area (Å²) >= 11 is 0. The molecule has 0 bridgehead atoms. The van der Waals surface area contributed by atoms with Gasteiger partial charge in [0.05, 0.1) is 11.4 Å². The Morgan fingerprint density at radius 1 is 1.47 bits per heavy atom. The lowest BCUT2D eigenvalue weighted by atomic mass is 9.99. The number of rotatable bonds is 4. The molecule has 6 nitrogen and oxygen atoms in total. The summed E-state index contributed by atoms with van der Waals surface area (Å²) in [5, 5.41) is 0. The van der Waals surface area contributed by atoms with Crippen LogP contribution in [0.25, 0.3) is 0 Å². The van der Waals surface area contributed by atoms with Gasteiger partial charge >= 0.3 is 10.2 Å². The molecule has 1 aliphatic heterocycles. The van der Waals surface area contributed by atoms with Crippen LogP contribution in [0, 0.1) is 12.8 Å². The molecule has 106 valence electrons. The van der Waals surface area contributed by atoms with Gasteiger partial charge in [-0.25, -0.2) is 0 Å². The van der Waals surface area contributed by atoms with Crippen LogP contribution in [0.4, 0.5) is 5.69 Å². The summed E-state index contributed by atoms with van der Waals surface area (Å²) in [7, 11) is -3.49. The van der Waals surface area contributed by atoms with E-state index in [1.54, 1.807) is 25.3 Å². The molecule has 7 heteroatoms. The van der Waals surface area contributed by atoms with Gasteiger partial charge in [0.25, 0.3) is 0 Å². The van der Waals surface area contributed by atoms with Gasteiger partial charge in [0, 0.05) is 19.3 Å². The molecule has 0 atom stereocenters. The molecule has 2 heterocycles. The van der Waals surface area contributed by atoms with E-state index in [1.165, 1.54) is 4.31 Å². The van der Waals surface area contributed by atoms with Crippen molar-refractivity contribution >= 4 is 15.9 Å². The summed E-state index contributed by atoms with van der Waals surface area (Å²) in [5.74, 6) is 0.437. The van der Waals surface area contributed by atoms with Gasteiger partial charge in [-0.1, -0.05) is 0 Å². The van der Waals surface area contributed by atoms with Crippen molar-refractivity contribution in [2.24, 2.45) is 11.7 Å². The van der Waals surface area contributed by atoms with Gasteiger partial charge in [-0.15, -0.1) is 0 Å². The molecule has 1 aromatic rings. The molecule has 0 amide bonds. The standard InChI is InChI=1S/C12H20N4O2S/c1-10-12(3-2-6-14-10)15-19(17,18)16-7-4-11(9-13)5-8-16/h2-3,6,11,15H,4-5,7-9,13H2,1H3. The maximum Gasteiger partial charge on any atom is 0.301 e. The average molecular weight is 284 g/mol. The first-order valence-corrected chi connectivity index (χ1v) is 7.86. The number of nitrogens with one attached hydrogen (secondary N) is 1. The molecule has 1 fully saturated rings. The maximum absolute atomic E-state index is 12.3. The molecule has 3 N–H and O–H groups in total. The molecule has 0 aromatic carbocycles. The average Bonchev–Trinajstić information content (AvgIpc) is 2.41. The van der Waals surface area contributed by atoms with Crippen molar-refractivity contribution in [3.63, 3.8) is 0 Å². The van der Waals surface area contributed by atoms with Gasteiger partial charge in [0.15, 0.2) is 0 Å². The van der Waals surface area contributed by atoms with Crippen LogP contribution in [-0.2, 0) is 10.2 Å². The zero-order valence-electron chi connectivity index (χ0n) is 11.0. The quantitative estimate of drug-likeness (QED) is 0.852. The Balaban J connectivity index is 2.05. The van der Waals surface area contributed by atoms with Crippen LogP contribution in [0.3, 0.4) is 0 Å². The highest BCUT2D eigenvalue weighted by Crippen LogP contribution is 2.20. The molecular weight excluding hydrogens is 264 g/mol. The van der Waals surface area contributed by atoms with Crippen molar-refractivity contribution in [2.75, 3.05) is 24.4 Å². The predicted octanol–water partition coefficient (Wildman–Crippen LogP) is 0.717. The van der Waals surface area contributed by atoms with Crippen molar-refractivity contribution in [1.29, 1.82) is 0 Å². The van der Waals surface area contributed by atoms with Crippen molar-refractivity contribution in [2.45, 2.75) is 19.8 Å². The molecule has 0 spiro atoms. The smallest absolute Gasteiger partial charge is 0.301 e. The monoisotopic (exact) mass is 284 g/mol. The minimum absolute atomic E-state index is 0.437. The van der Waals surface area contributed by atoms with Crippen molar-refractivity contribution in [1.82, 2.24) is 9.29 Å². The Kier molecular flexibility index (Phi) is 4.38. The molecule has 1 aromatic heterocycles. The number of pyridine rings is 1. The second kappa shape index (κ2) is 5.85. The Morgan fingerprint density at radius 2 is 2.16 bits per heavy atom. The van der Waals surface area contributed by atoms with Crippen molar-refractivity contribution in [3.8, 4) is 0 Å². The van der Waals surface area contributed by atoms with Crippen LogP contribution in [0.2, 0.25) is 0 Å². The van der Waals surface area contributed by atoms with Gasteiger partial charge in [-0.05, 0) is 44.4 Å². The van der Waals surface area contributed by atoms with E-state index in [2.05, 4.69) is 9.71 Å². The van der Waals surface area contributed by atoms with E-state index in [-0.39, 0.29) is 0 Å². The van der Waals surface area contributed by atoms with E-state index in [0.29, 0.717) is 36.9 Å². The number of hydrogen-bond donors (Lipinski definition) is 2. The number of anilines is 1. The lowest BCUT2D eigenvalue weighted by Crippen LogP contribution is -2.42. The van der Waals surface area contributed by atoms with Crippen molar-refractivity contribution in [3.05, 3.63) is 24.0 Å². The molecular formula is C12H20N4O2S. The SMILES string of the molecule is Cc1ncccc1NS(=O)(=O)N1CCC(CN)CC1. The fourth-order valence-electron chi connectivity index (χ4n) is 2.18. The zero-order valence-corrected chi connectivity index (χ0v) is 11.9. The lowest BCUT2D eigenvalue weighted by molar-refractivity contribution is 0.280. The molecule has 0 aliphatic carbocycles. The number of aromatic nitrogens is 1. The second-order valence-corrected chi connectivity index (χ2v) is 6.49. The number of piperidine rings is 1. The molecule has 2 rings (SSSR count). The largest absolute Gasteiger partial charge is 0.330 e. The third-order valence-corrected chi connectivity index (χ3v) is 5.02. The van der Waals surface area contributed by atoms with Gasteiger partial charge in [-0.3, -0.25) is 9.71 Å². The number of aryl methyl sites for hydroxylation is 1. The molecule has 0 unspecified atom stereocenters. The van der Waals surface area contributed by atoms with E-state index in [0.717, 1.165) is 12.8 Å². The summed E-state index contributed by atoms with van der Waals surface area (Å²) < 4.78 is 28.6. The maximum atomic E-state index is 12.3. The van der Waals surface area contributed by atoms with Crippen LogP contribution in [-0.4, -0.2) is 37.3 Å². The first kappa shape index (κ1) is 14.2. The lowest BCUT2D eigenvalue weighted by Gasteiger charge is -2.30. The third kappa shape index (κ3) is 3.43. The third-order valence-electron chi connectivity index (χ3n) is 3.49. The van der Waals surface area contributed by atoms with E-state index in [4.69, 9.17) is 5.73 Å². The molecule has 0 saturated carbocycles. The minimum atomic E-state index is -3.49.